The first-order valence-corrected chi connectivity index (χ1v) is 12.5. The Morgan fingerprint density at radius 2 is 1.61 bits per heavy atom. The first-order chi connectivity index (χ1) is 17.3. The van der Waals surface area contributed by atoms with Gasteiger partial charge in [0.15, 0.2) is 0 Å². The number of hydrogen-bond donors (Lipinski definition) is 1. The number of hydrogen-bond acceptors (Lipinski definition) is 5. The Labute approximate surface area is 212 Å². The number of anilines is 1. The van der Waals surface area contributed by atoms with E-state index in [1.54, 1.807) is 19.0 Å². The molecule has 1 amide bonds. The molecule has 0 unspecified atom stereocenters. The minimum Gasteiger partial charge on any atom is -0.354 e. The lowest BCUT2D eigenvalue weighted by Gasteiger charge is -2.35. The van der Waals surface area contributed by atoms with Crippen molar-refractivity contribution in [3.05, 3.63) is 65.6 Å². The molecule has 1 aromatic carbocycles. The average molecular weight is 483 g/mol. The smallest absolute Gasteiger partial charge is 0.236 e. The summed E-state index contributed by atoms with van der Waals surface area (Å²) in [5.41, 5.74) is 8.99. The van der Waals surface area contributed by atoms with Crippen LogP contribution in [-0.2, 0) is 4.79 Å². The van der Waals surface area contributed by atoms with Crippen LogP contribution in [0.3, 0.4) is 0 Å². The van der Waals surface area contributed by atoms with Gasteiger partial charge in [-0.25, -0.2) is 4.98 Å². The van der Waals surface area contributed by atoms with Crippen molar-refractivity contribution in [2.24, 2.45) is 0 Å². The van der Waals surface area contributed by atoms with Crippen molar-refractivity contribution in [3.63, 3.8) is 0 Å². The van der Waals surface area contributed by atoms with Crippen molar-refractivity contribution in [1.82, 2.24) is 24.8 Å². The van der Waals surface area contributed by atoms with Crippen molar-refractivity contribution < 1.29 is 4.79 Å². The fraction of sp³-hybridized carbons (Fsp3) is 0.345. The standard InChI is InChI=1S/C29H34N6O/c1-19-14-24(15-20(2)31-19)29-21(3)25-8-6-22(16-26(25)32-29)23-7-9-27(30-17-23)35-12-10-34(11-13-35)18-28(36)33(4)5/h6-9,14-17,32H,10-13,18H2,1-5H3. The van der Waals surface area contributed by atoms with Crippen LogP contribution in [0.2, 0.25) is 0 Å². The van der Waals surface area contributed by atoms with Gasteiger partial charge in [-0.3, -0.25) is 14.7 Å². The summed E-state index contributed by atoms with van der Waals surface area (Å²) in [5, 5.41) is 1.23. The molecular weight excluding hydrogens is 448 g/mol. The zero-order valence-electron chi connectivity index (χ0n) is 21.8. The van der Waals surface area contributed by atoms with E-state index in [2.05, 4.69) is 69.2 Å². The van der Waals surface area contributed by atoms with E-state index < -0.39 is 0 Å². The largest absolute Gasteiger partial charge is 0.354 e. The Balaban J connectivity index is 1.32. The number of fused-ring (bicyclic) bond motifs is 1. The predicted molar refractivity (Wildman–Crippen MR) is 146 cm³/mol. The number of benzene rings is 1. The van der Waals surface area contributed by atoms with Gasteiger partial charge in [0.2, 0.25) is 5.91 Å². The maximum atomic E-state index is 12.0. The van der Waals surface area contributed by atoms with Crippen molar-refractivity contribution in [2.45, 2.75) is 20.8 Å². The number of carbonyl (C=O) groups is 1. The lowest BCUT2D eigenvalue weighted by molar-refractivity contribution is -0.129. The molecule has 0 spiro atoms. The third-order valence-corrected chi connectivity index (χ3v) is 7.06. The molecule has 1 aliphatic heterocycles. The van der Waals surface area contributed by atoms with Gasteiger partial charge in [0, 0.05) is 85.6 Å². The number of aromatic amines is 1. The third kappa shape index (κ3) is 4.84. The Kier molecular flexibility index (Phi) is 6.49. The minimum atomic E-state index is 0.151. The summed E-state index contributed by atoms with van der Waals surface area (Å²) >= 11 is 0. The monoisotopic (exact) mass is 482 g/mol. The van der Waals surface area contributed by atoms with E-state index in [4.69, 9.17) is 4.98 Å². The second-order valence-electron chi connectivity index (χ2n) is 9.98. The lowest BCUT2D eigenvalue weighted by atomic mass is 10.0. The summed E-state index contributed by atoms with van der Waals surface area (Å²) in [5.74, 6) is 1.14. The number of aryl methyl sites for hydroxylation is 3. The number of piperazine rings is 1. The number of likely N-dealkylation sites (N-methyl/N-ethyl adjacent to an activating group) is 1. The normalized spacial score (nSPS) is 14.4. The van der Waals surface area contributed by atoms with Gasteiger partial charge in [0.1, 0.15) is 5.82 Å². The second kappa shape index (κ2) is 9.74. The van der Waals surface area contributed by atoms with Crippen LogP contribution in [-0.4, -0.2) is 77.5 Å². The molecule has 1 fully saturated rings. The van der Waals surface area contributed by atoms with Crippen molar-refractivity contribution >= 4 is 22.6 Å². The van der Waals surface area contributed by atoms with Gasteiger partial charge in [-0.1, -0.05) is 12.1 Å². The molecule has 0 saturated carbocycles. The quantitative estimate of drug-likeness (QED) is 0.456. The van der Waals surface area contributed by atoms with Crippen LogP contribution in [0.15, 0.2) is 48.7 Å². The Bertz CT molecular complexity index is 1380. The summed E-state index contributed by atoms with van der Waals surface area (Å²) in [6.07, 6.45) is 1.96. The summed E-state index contributed by atoms with van der Waals surface area (Å²) in [4.78, 5) is 31.1. The molecule has 186 valence electrons. The number of pyridine rings is 2. The van der Waals surface area contributed by atoms with Gasteiger partial charge < -0.3 is 14.8 Å². The predicted octanol–water partition coefficient (Wildman–Crippen LogP) is 4.43. The fourth-order valence-electron chi connectivity index (χ4n) is 5.00. The van der Waals surface area contributed by atoms with Crippen molar-refractivity contribution in [3.8, 4) is 22.4 Å². The first-order valence-electron chi connectivity index (χ1n) is 12.5. The van der Waals surface area contributed by atoms with Crippen LogP contribution in [0, 0.1) is 20.8 Å². The summed E-state index contributed by atoms with van der Waals surface area (Å²) in [6.45, 7) is 10.2. The maximum absolute atomic E-state index is 12.0. The minimum absolute atomic E-state index is 0.151. The number of H-pyrrole nitrogens is 1. The zero-order valence-corrected chi connectivity index (χ0v) is 21.8. The van der Waals surface area contributed by atoms with Crippen LogP contribution in [0.1, 0.15) is 17.0 Å². The maximum Gasteiger partial charge on any atom is 0.236 e. The highest BCUT2D eigenvalue weighted by Crippen LogP contribution is 2.33. The van der Waals surface area contributed by atoms with Gasteiger partial charge in [-0.2, -0.15) is 0 Å². The third-order valence-electron chi connectivity index (χ3n) is 7.06. The molecule has 1 saturated heterocycles. The second-order valence-corrected chi connectivity index (χ2v) is 9.98. The highest BCUT2D eigenvalue weighted by molar-refractivity contribution is 5.93. The molecule has 36 heavy (non-hydrogen) atoms. The van der Waals surface area contributed by atoms with Gasteiger partial charge in [0.25, 0.3) is 0 Å². The lowest BCUT2D eigenvalue weighted by Crippen LogP contribution is -2.49. The molecule has 1 aliphatic rings. The number of rotatable bonds is 5. The highest BCUT2D eigenvalue weighted by atomic mass is 16.2. The van der Waals surface area contributed by atoms with E-state index in [0.29, 0.717) is 6.54 Å². The first kappa shape index (κ1) is 24.0. The molecule has 0 atom stereocenters. The van der Waals surface area contributed by atoms with Crippen LogP contribution in [0.5, 0.6) is 0 Å². The number of aromatic nitrogens is 3. The van der Waals surface area contributed by atoms with Gasteiger partial charge in [0.05, 0.1) is 6.54 Å². The van der Waals surface area contributed by atoms with E-state index in [0.717, 1.165) is 65.7 Å². The molecule has 0 aliphatic carbocycles. The Hall–Kier alpha value is -3.71. The molecule has 5 rings (SSSR count). The Morgan fingerprint density at radius 1 is 0.917 bits per heavy atom. The number of amides is 1. The van der Waals surface area contributed by atoms with Gasteiger partial charge >= 0.3 is 0 Å². The molecule has 0 bridgehead atoms. The topological polar surface area (TPSA) is 68.4 Å². The van der Waals surface area contributed by atoms with Crippen LogP contribution in [0.25, 0.3) is 33.3 Å². The Morgan fingerprint density at radius 3 is 2.25 bits per heavy atom. The molecule has 7 nitrogen and oxygen atoms in total. The van der Waals surface area contributed by atoms with Gasteiger partial charge in [-0.15, -0.1) is 0 Å². The van der Waals surface area contributed by atoms with E-state index in [1.807, 2.05) is 20.0 Å². The van der Waals surface area contributed by atoms with Gasteiger partial charge in [-0.05, 0) is 62.2 Å². The number of nitrogens with one attached hydrogen (secondary N) is 1. The fourth-order valence-corrected chi connectivity index (χ4v) is 5.00. The molecule has 0 radical (unpaired) electrons. The summed E-state index contributed by atoms with van der Waals surface area (Å²) in [6, 6.07) is 15.1. The van der Waals surface area contributed by atoms with Crippen molar-refractivity contribution in [1.29, 1.82) is 0 Å². The molecule has 3 aromatic heterocycles. The van der Waals surface area contributed by atoms with E-state index in [-0.39, 0.29) is 5.91 Å². The SMILES string of the molecule is Cc1cc(-c2[nH]c3cc(-c4ccc(N5CCN(CC(=O)N(C)C)CC5)nc4)ccc3c2C)cc(C)n1. The molecule has 7 heteroatoms. The average Bonchev–Trinajstić information content (AvgIpc) is 3.20. The molecule has 4 heterocycles. The van der Waals surface area contributed by atoms with Crippen LogP contribution in [0.4, 0.5) is 5.82 Å². The summed E-state index contributed by atoms with van der Waals surface area (Å²) in [7, 11) is 3.61. The zero-order chi connectivity index (χ0) is 25.4. The van der Waals surface area contributed by atoms with E-state index >= 15 is 0 Å². The van der Waals surface area contributed by atoms with E-state index in [1.165, 1.54) is 16.5 Å². The highest BCUT2D eigenvalue weighted by Gasteiger charge is 2.20. The molecule has 4 aromatic rings. The number of carbonyl (C=O) groups excluding carboxylic acids is 1. The van der Waals surface area contributed by atoms with E-state index in [9.17, 15) is 4.79 Å². The number of nitrogens with zero attached hydrogens (tertiary/aromatic N) is 5. The summed E-state index contributed by atoms with van der Waals surface area (Å²) < 4.78 is 0. The van der Waals surface area contributed by atoms with Crippen LogP contribution >= 0.6 is 0 Å². The van der Waals surface area contributed by atoms with Crippen molar-refractivity contribution in [2.75, 3.05) is 51.7 Å². The molecule has 1 N–H and O–H groups in total. The van der Waals surface area contributed by atoms with Crippen LogP contribution < -0.4 is 4.90 Å². The molecular formula is C29H34N6O.